The number of halogens is 1. The molecule has 26 heavy (non-hydrogen) atoms. The van der Waals surface area contributed by atoms with Crippen LogP contribution in [0.3, 0.4) is 0 Å². The van der Waals surface area contributed by atoms with Gasteiger partial charge in [0.15, 0.2) is 5.75 Å². The summed E-state index contributed by atoms with van der Waals surface area (Å²) in [6.07, 6.45) is 0. The molecule has 0 amide bonds. The van der Waals surface area contributed by atoms with Crippen molar-refractivity contribution in [2.24, 2.45) is 10.2 Å². The zero-order valence-electron chi connectivity index (χ0n) is 13.4. The minimum Gasteiger partial charge on any atom is -0.871 e. The predicted octanol–water partition coefficient (Wildman–Crippen LogP) is 0.939. The summed E-state index contributed by atoms with van der Waals surface area (Å²) >= 11 is 5.79. The molecule has 0 fully saturated rings. The second-order valence-corrected chi connectivity index (χ2v) is 6.90. The molecule has 0 spiro atoms. The molecule has 3 rings (SSSR count). The van der Waals surface area contributed by atoms with E-state index in [9.17, 15) is 23.2 Å². The van der Waals surface area contributed by atoms with Crippen molar-refractivity contribution in [1.82, 2.24) is 0 Å². The van der Waals surface area contributed by atoms with Crippen molar-refractivity contribution in [1.29, 1.82) is 0 Å². The smallest absolute Gasteiger partial charge is 0.871 e. The van der Waals surface area contributed by atoms with E-state index in [-0.39, 0.29) is 62.5 Å². The fourth-order valence-electron chi connectivity index (χ4n) is 2.28. The molecule has 0 saturated heterocycles. The summed E-state index contributed by atoms with van der Waals surface area (Å²) in [6, 6.07) is 10.9. The van der Waals surface area contributed by atoms with Crippen molar-refractivity contribution in [3.63, 3.8) is 0 Å². The third kappa shape index (κ3) is 4.17. The van der Waals surface area contributed by atoms with Crippen LogP contribution in [-0.2, 0) is 10.1 Å². The molecular formula is C16H10ClN2NaO5S. The van der Waals surface area contributed by atoms with Gasteiger partial charge in [0.2, 0.25) is 0 Å². The summed E-state index contributed by atoms with van der Waals surface area (Å²) in [4.78, 5) is -0.428. The third-order valence-corrected chi connectivity index (χ3v) is 4.55. The molecule has 0 atom stereocenters. The van der Waals surface area contributed by atoms with Gasteiger partial charge in [0.05, 0.1) is 5.69 Å². The molecule has 0 aliphatic heterocycles. The van der Waals surface area contributed by atoms with Gasteiger partial charge in [-0.2, -0.15) is 13.5 Å². The van der Waals surface area contributed by atoms with Crippen molar-refractivity contribution in [2.75, 3.05) is 0 Å². The van der Waals surface area contributed by atoms with E-state index in [0.717, 1.165) is 6.07 Å². The van der Waals surface area contributed by atoms with Gasteiger partial charge < -0.3 is 10.2 Å². The number of nitrogens with zero attached hydrogens (tertiary/aromatic N) is 2. The molecule has 0 saturated carbocycles. The fourth-order valence-corrected chi connectivity index (χ4v) is 3.16. The first-order chi connectivity index (χ1) is 11.8. The maximum atomic E-state index is 11.7. The van der Waals surface area contributed by atoms with Gasteiger partial charge in [-0.3, -0.25) is 4.55 Å². The second kappa shape index (κ2) is 7.91. The summed E-state index contributed by atoms with van der Waals surface area (Å²) < 4.78 is 32.7. The number of hydrogen-bond acceptors (Lipinski definition) is 6. The molecule has 0 aromatic heterocycles. The summed E-state index contributed by atoms with van der Waals surface area (Å²) in [6.45, 7) is 0. The normalized spacial score (nSPS) is 11.6. The van der Waals surface area contributed by atoms with Gasteiger partial charge in [0.25, 0.3) is 10.1 Å². The number of hydrogen-bond donors (Lipinski definition) is 2. The molecule has 0 aliphatic carbocycles. The maximum Gasteiger partial charge on any atom is 1.00 e. The summed E-state index contributed by atoms with van der Waals surface area (Å²) in [5.74, 6) is -0.773. The SMILES string of the molecule is O=S(=O)(O)c1cc(N=Nc2cc(Cl)ccc2[O-])c(O)c2ccccc12.[Na+]. The van der Waals surface area contributed by atoms with Gasteiger partial charge >= 0.3 is 29.6 Å². The van der Waals surface area contributed by atoms with Crippen molar-refractivity contribution >= 4 is 43.9 Å². The fraction of sp³-hybridized carbons (Fsp3) is 0. The van der Waals surface area contributed by atoms with Crippen LogP contribution in [0.2, 0.25) is 5.02 Å². The Balaban J connectivity index is 0.00000243. The zero-order chi connectivity index (χ0) is 18.2. The molecule has 0 unspecified atom stereocenters. The van der Waals surface area contributed by atoms with Crippen LogP contribution in [0.25, 0.3) is 10.8 Å². The summed E-state index contributed by atoms with van der Waals surface area (Å²) in [7, 11) is -4.56. The van der Waals surface area contributed by atoms with Gasteiger partial charge in [-0.05, 0) is 18.2 Å². The monoisotopic (exact) mass is 400 g/mol. The first kappa shape index (κ1) is 20.6. The van der Waals surface area contributed by atoms with Crippen molar-refractivity contribution in [3.8, 4) is 11.5 Å². The van der Waals surface area contributed by atoms with Crippen LogP contribution in [0.1, 0.15) is 0 Å². The minimum atomic E-state index is -4.56. The van der Waals surface area contributed by atoms with Crippen LogP contribution in [-0.4, -0.2) is 18.1 Å². The van der Waals surface area contributed by atoms with E-state index in [0.29, 0.717) is 0 Å². The standard InChI is InChI=1S/C16H11ClN2O5S.Na/c17-9-5-6-14(20)12(7-9)18-19-13-8-15(25(22,23)24)10-3-1-2-4-11(10)16(13)21;/h1-8,20-21H,(H,22,23,24);/q;+1/p-1. The maximum absolute atomic E-state index is 11.7. The average Bonchev–Trinajstić information content (AvgIpc) is 2.56. The number of rotatable bonds is 3. The molecular weight excluding hydrogens is 391 g/mol. The Morgan fingerprint density at radius 2 is 1.58 bits per heavy atom. The Kier molecular flexibility index (Phi) is 6.28. The van der Waals surface area contributed by atoms with Crippen LogP contribution >= 0.6 is 11.6 Å². The third-order valence-electron chi connectivity index (χ3n) is 3.42. The Morgan fingerprint density at radius 3 is 2.23 bits per heavy atom. The topological polar surface area (TPSA) is 122 Å². The second-order valence-electron chi connectivity index (χ2n) is 5.08. The molecule has 7 nitrogen and oxygen atoms in total. The van der Waals surface area contributed by atoms with Crippen LogP contribution in [0.5, 0.6) is 11.5 Å². The van der Waals surface area contributed by atoms with Crippen molar-refractivity contribution in [3.05, 3.63) is 53.6 Å². The Labute approximate surface area is 176 Å². The predicted molar refractivity (Wildman–Crippen MR) is 90.5 cm³/mol. The number of aromatic hydroxyl groups is 1. The largest absolute Gasteiger partial charge is 1.00 e. The van der Waals surface area contributed by atoms with E-state index in [1.807, 2.05) is 0 Å². The Hall–Kier alpha value is -1.68. The molecule has 0 bridgehead atoms. The summed E-state index contributed by atoms with van der Waals surface area (Å²) in [5, 5.41) is 30.0. The zero-order valence-corrected chi connectivity index (χ0v) is 17.0. The quantitative estimate of drug-likeness (QED) is 0.385. The molecule has 0 heterocycles. The molecule has 0 aliphatic rings. The van der Waals surface area contributed by atoms with Crippen molar-refractivity contribution < 1.29 is 52.7 Å². The number of phenols is 1. The Morgan fingerprint density at radius 1 is 0.962 bits per heavy atom. The molecule has 10 heteroatoms. The molecule has 2 N–H and O–H groups in total. The molecule has 3 aromatic rings. The van der Waals surface area contributed by atoms with Crippen LogP contribution in [0.4, 0.5) is 11.4 Å². The first-order valence-electron chi connectivity index (χ1n) is 6.88. The van der Waals surface area contributed by atoms with Crippen molar-refractivity contribution in [2.45, 2.75) is 4.90 Å². The van der Waals surface area contributed by atoms with Gasteiger partial charge in [-0.25, -0.2) is 0 Å². The van der Waals surface area contributed by atoms with Gasteiger partial charge in [0, 0.05) is 15.8 Å². The minimum absolute atomic E-state index is 0. The number of azo groups is 1. The summed E-state index contributed by atoms with van der Waals surface area (Å²) in [5.41, 5.74) is -0.292. The van der Waals surface area contributed by atoms with E-state index in [2.05, 4.69) is 10.2 Å². The number of benzene rings is 3. The average molecular weight is 401 g/mol. The number of phenolic OH excluding ortho intramolecular Hbond substituents is 1. The van der Waals surface area contributed by atoms with Gasteiger partial charge in [-0.15, -0.1) is 5.11 Å². The first-order valence-corrected chi connectivity index (χ1v) is 8.69. The van der Waals surface area contributed by atoms with E-state index in [1.54, 1.807) is 12.1 Å². The van der Waals surface area contributed by atoms with Gasteiger partial charge in [-0.1, -0.05) is 47.7 Å². The van der Waals surface area contributed by atoms with Crippen LogP contribution in [0, 0.1) is 0 Å². The molecule has 3 aromatic carbocycles. The van der Waals surface area contributed by atoms with Crippen LogP contribution in [0.15, 0.2) is 63.7 Å². The van der Waals surface area contributed by atoms with E-state index in [1.165, 1.54) is 30.3 Å². The van der Waals surface area contributed by atoms with Crippen LogP contribution < -0.4 is 34.7 Å². The number of fused-ring (bicyclic) bond motifs is 1. The van der Waals surface area contributed by atoms with Gasteiger partial charge in [0.1, 0.15) is 10.6 Å². The molecule has 128 valence electrons. The van der Waals surface area contributed by atoms with E-state index < -0.39 is 20.8 Å². The van der Waals surface area contributed by atoms with E-state index in [4.69, 9.17) is 11.6 Å². The molecule has 0 radical (unpaired) electrons. The van der Waals surface area contributed by atoms with E-state index >= 15 is 0 Å². The Bertz CT molecular complexity index is 1120.